The van der Waals surface area contributed by atoms with E-state index in [1.54, 1.807) is 6.42 Å². The highest BCUT2D eigenvalue weighted by molar-refractivity contribution is 4.88. The molecule has 0 nitrogen and oxygen atoms in total. The smallest absolute Gasteiger partial charge is 0.0383 e. The van der Waals surface area contributed by atoms with Gasteiger partial charge >= 0.3 is 0 Å². The Labute approximate surface area is 70.4 Å². The van der Waals surface area contributed by atoms with E-state index in [2.05, 4.69) is 13.8 Å². The molecule has 2 saturated carbocycles. The topological polar surface area (TPSA) is 0 Å². The zero-order valence-electron chi connectivity index (χ0n) is 7.84. The fourth-order valence-electron chi connectivity index (χ4n) is 2.54. The highest BCUT2D eigenvalue weighted by Crippen LogP contribution is 2.48. The molecule has 0 aliphatic heterocycles. The van der Waals surface area contributed by atoms with Crippen LogP contribution in [0.15, 0.2) is 0 Å². The Balaban J connectivity index is 1.89. The van der Waals surface area contributed by atoms with Gasteiger partial charge in [-0.1, -0.05) is 26.7 Å². The van der Waals surface area contributed by atoms with Crippen molar-refractivity contribution >= 4 is 0 Å². The first-order chi connectivity index (χ1) is 5.27. The van der Waals surface area contributed by atoms with Crippen LogP contribution in [0, 0.1) is 23.7 Å². The predicted octanol–water partition coefficient (Wildman–Crippen LogP) is 3.47. The van der Waals surface area contributed by atoms with E-state index in [9.17, 15) is 0 Å². The van der Waals surface area contributed by atoms with Crippen molar-refractivity contribution in [3.05, 3.63) is 0 Å². The summed E-state index contributed by atoms with van der Waals surface area (Å²) < 4.78 is 0. The third kappa shape index (κ3) is 1.60. The minimum absolute atomic E-state index is 0.997. The summed E-state index contributed by atoms with van der Waals surface area (Å²) in [6.07, 6.45) is 7.65. The highest BCUT2D eigenvalue weighted by atomic mass is 14.4. The second-order valence-corrected chi connectivity index (χ2v) is 4.87. The van der Waals surface area contributed by atoms with E-state index in [1.165, 1.54) is 25.7 Å². The maximum Gasteiger partial charge on any atom is -0.0383 e. The van der Waals surface area contributed by atoms with Crippen LogP contribution in [0.5, 0.6) is 0 Å². The first-order valence-corrected chi connectivity index (χ1v) is 5.27. The van der Waals surface area contributed by atoms with Gasteiger partial charge < -0.3 is 0 Å². The molecule has 0 bridgehead atoms. The van der Waals surface area contributed by atoms with Crippen LogP contribution in [0.4, 0.5) is 0 Å². The Kier molecular flexibility index (Phi) is 1.95. The molecule has 11 heavy (non-hydrogen) atoms. The maximum atomic E-state index is 2.44. The fraction of sp³-hybridized carbons (Fsp3) is 1.00. The predicted molar refractivity (Wildman–Crippen MR) is 48.4 cm³/mol. The third-order valence-electron chi connectivity index (χ3n) is 4.03. The van der Waals surface area contributed by atoms with Gasteiger partial charge in [0.05, 0.1) is 0 Å². The van der Waals surface area contributed by atoms with Crippen molar-refractivity contribution < 1.29 is 0 Å². The van der Waals surface area contributed by atoms with Crippen molar-refractivity contribution in [3.8, 4) is 0 Å². The zero-order valence-corrected chi connectivity index (χ0v) is 7.84. The van der Waals surface area contributed by atoms with Gasteiger partial charge in [-0.25, -0.2) is 0 Å². The van der Waals surface area contributed by atoms with Crippen LogP contribution in [-0.2, 0) is 0 Å². The van der Waals surface area contributed by atoms with Crippen LogP contribution in [0.3, 0.4) is 0 Å². The molecule has 0 aromatic carbocycles. The Hall–Kier alpha value is 0. The summed E-state index contributed by atoms with van der Waals surface area (Å²) in [5.74, 6) is 4.31. The molecule has 2 rings (SSSR count). The van der Waals surface area contributed by atoms with Crippen molar-refractivity contribution in [2.45, 2.75) is 46.0 Å². The molecular formula is C11H20. The molecular weight excluding hydrogens is 132 g/mol. The van der Waals surface area contributed by atoms with Gasteiger partial charge in [0.25, 0.3) is 0 Å². The van der Waals surface area contributed by atoms with Gasteiger partial charge in [0.1, 0.15) is 0 Å². The van der Waals surface area contributed by atoms with Gasteiger partial charge in [-0.3, -0.25) is 0 Å². The summed E-state index contributed by atoms with van der Waals surface area (Å²) in [7, 11) is 0. The normalized spacial score (nSPS) is 50.7. The van der Waals surface area contributed by atoms with Crippen LogP contribution in [0.1, 0.15) is 46.0 Å². The van der Waals surface area contributed by atoms with Gasteiger partial charge in [-0.05, 0) is 42.9 Å². The molecule has 0 amide bonds. The van der Waals surface area contributed by atoms with Crippen LogP contribution in [0.25, 0.3) is 0 Å². The van der Waals surface area contributed by atoms with Gasteiger partial charge in [-0.15, -0.1) is 0 Å². The molecule has 2 aliphatic rings. The summed E-state index contributed by atoms with van der Waals surface area (Å²) >= 11 is 0. The maximum absolute atomic E-state index is 2.44. The zero-order chi connectivity index (χ0) is 7.84. The van der Waals surface area contributed by atoms with Crippen molar-refractivity contribution in [2.75, 3.05) is 0 Å². The molecule has 0 N–H and O–H groups in total. The van der Waals surface area contributed by atoms with E-state index in [0.717, 1.165) is 23.7 Å². The van der Waals surface area contributed by atoms with E-state index in [1.807, 2.05) is 0 Å². The van der Waals surface area contributed by atoms with Crippen LogP contribution in [-0.4, -0.2) is 0 Å². The average Bonchev–Trinajstić information content (AvgIpc) is 2.72. The second kappa shape index (κ2) is 2.80. The van der Waals surface area contributed by atoms with Gasteiger partial charge in [0, 0.05) is 0 Å². The van der Waals surface area contributed by atoms with E-state index < -0.39 is 0 Å². The SMILES string of the molecule is CC1CCC2CC2CCC1C. The van der Waals surface area contributed by atoms with Crippen molar-refractivity contribution in [1.29, 1.82) is 0 Å². The van der Waals surface area contributed by atoms with Crippen molar-refractivity contribution in [1.82, 2.24) is 0 Å². The number of rotatable bonds is 0. The van der Waals surface area contributed by atoms with E-state index in [0.29, 0.717) is 0 Å². The Bertz CT molecular complexity index is 123. The lowest BCUT2D eigenvalue weighted by molar-refractivity contribution is 0.295. The molecule has 4 atom stereocenters. The number of hydrogen-bond donors (Lipinski definition) is 0. The molecule has 0 aromatic heterocycles. The lowest BCUT2D eigenvalue weighted by Crippen LogP contribution is -2.11. The van der Waals surface area contributed by atoms with Gasteiger partial charge in [0.15, 0.2) is 0 Å². The number of hydrogen-bond acceptors (Lipinski definition) is 0. The van der Waals surface area contributed by atoms with Crippen LogP contribution >= 0.6 is 0 Å². The summed E-state index contributed by atoms with van der Waals surface area (Å²) in [4.78, 5) is 0. The van der Waals surface area contributed by atoms with Crippen LogP contribution in [0.2, 0.25) is 0 Å². The quantitative estimate of drug-likeness (QED) is 0.498. The lowest BCUT2D eigenvalue weighted by Gasteiger charge is -2.22. The van der Waals surface area contributed by atoms with Crippen molar-refractivity contribution in [2.24, 2.45) is 23.7 Å². The minimum atomic E-state index is 0.997. The van der Waals surface area contributed by atoms with Crippen LogP contribution < -0.4 is 0 Å². The molecule has 0 radical (unpaired) electrons. The van der Waals surface area contributed by atoms with Gasteiger partial charge in [0.2, 0.25) is 0 Å². The molecule has 4 unspecified atom stereocenters. The van der Waals surface area contributed by atoms with Gasteiger partial charge in [-0.2, -0.15) is 0 Å². The monoisotopic (exact) mass is 152 g/mol. The summed E-state index contributed by atoms with van der Waals surface area (Å²) in [5, 5.41) is 0. The van der Waals surface area contributed by atoms with E-state index >= 15 is 0 Å². The highest BCUT2D eigenvalue weighted by Gasteiger charge is 2.38. The average molecular weight is 152 g/mol. The molecule has 0 aromatic rings. The Morgan fingerprint density at radius 3 is 1.64 bits per heavy atom. The molecule has 2 aliphatic carbocycles. The fourth-order valence-corrected chi connectivity index (χ4v) is 2.54. The van der Waals surface area contributed by atoms with E-state index in [-0.39, 0.29) is 0 Å². The molecule has 0 saturated heterocycles. The standard InChI is InChI=1S/C11H20/c1-8-3-5-10-7-11(10)6-4-9(8)2/h8-11H,3-7H2,1-2H3. The van der Waals surface area contributed by atoms with Crippen molar-refractivity contribution in [3.63, 3.8) is 0 Å². The Morgan fingerprint density at radius 1 is 0.727 bits per heavy atom. The first kappa shape index (κ1) is 7.64. The first-order valence-electron chi connectivity index (χ1n) is 5.27. The summed E-state index contributed by atoms with van der Waals surface area (Å²) in [6.45, 7) is 4.88. The molecule has 0 heterocycles. The summed E-state index contributed by atoms with van der Waals surface area (Å²) in [6, 6.07) is 0. The lowest BCUT2D eigenvalue weighted by atomic mass is 9.84. The minimum Gasteiger partial charge on any atom is -0.0623 e. The third-order valence-corrected chi connectivity index (χ3v) is 4.03. The number of fused-ring (bicyclic) bond motifs is 1. The largest absolute Gasteiger partial charge is 0.0623 e. The molecule has 64 valence electrons. The van der Waals surface area contributed by atoms with E-state index in [4.69, 9.17) is 0 Å². The second-order valence-electron chi connectivity index (χ2n) is 4.87. The molecule has 0 spiro atoms. The molecule has 0 heteroatoms. The molecule has 2 fully saturated rings. The summed E-state index contributed by atoms with van der Waals surface area (Å²) in [5.41, 5.74) is 0. The Morgan fingerprint density at radius 2 is 1.18 bits per heavy atom.